The van der Waals surface area contributed by atoms with Gasteiger partial charge in [-0.05, 0) is 35.9 Å². The second kappa shape index (κ2) is 5.31. The molecule has 3 rings (SSSR count). The summed E-state index contributed by atoms with van der Waals surface area (Å²) in [7, 11) is 0. The molecule has 0 saturated heterocycles. The number of amides is 1. The summed E-state index contributed by atoms with van der Waals surface area (Å²) in [4.78, 5) is 16.1. The highest BCUT2D eigenvalue weighted by molar-refractivity contribution is 6.30. The SMILES string of the molecule is O=C(Nc1ccc(Cl)cn1)C1Cc2cc(Cl)ccc2O1. The molecule has 1 amide bonds. The molecule has 1 aliphatic heterocycles. The van der Waals surface area contributed by atoms with Gasteiger partial charge in [0.1, 0.15) is 11.6 Å². The lowest BCUT2D eigenvalue weighted by atomic mass is 10.1. The summed E-state index contributed by atoms with van der Waals surface area (Å²) in [5, 5.41) is 3.84. The molecule has 1 unspecified atom stereocenters. The van der Waals surface area contributed by atoms with Gasteiger partial charge < -0.3 is 10.1 Å². The maximum Gasteiger partial charge on any atom is 0.266 e. The summed E-state index contributed by atoms with van der Waals surface area (Å²) in [6.45, 7) is 0. The predicted octanol–water partition coefficient (Wildman–Crippen LogP) is 3.33. The van der Waals surface area contributed by atoms with E-state index in [0.717, 1.165) is 5.56 Å². The maximum atomic E-state index is 12.1. The number of rotatable bonds is 2. The van der Waals surface area contributed by atoms with Gasteiger partial charge in [0.2, 0.25) is 0 Å². The van der Waals surface area contributed by atoms with Gasteiger partial charge in [0.25, 0.3) is 5.91 Å². The summed E-state index contributed by atoms with van der Waals surface area (Å²) < 4.78 is 5.60. The molecule has 0 aliphatic carbocycles. The van der Waals surface area contributed by atoms with Crippen molar-refractivity contribution in [2.45, 2.75) is 12.5 Å². The summed E-state index contributed by atoms with van der Waals surface area (Å²) in [5.74, 6) is 0.891. The van der Waals surface area contributed by atoms with Gasteiger partial charge in [0.05, 0.1) is 5.02 Å². The number of anilines is 1. The molecule has 4 nitrogen and oxygen atoms in total. The summed E-state index contributed by atoms with van der Waals surface area (Å²) in [6, 6.07) is 8.62. The lowest BCUT2D eigenvalue weighted by Gasteiger charge is -2.10. The second-order valence-electron chi connectivity index (χ2n) is 4.41. The van der Waals surface area contributed by atoms with Gasteiger partial charge in [-0.15, -0.1) is 0 Å². The van der Waals surface area contributed by atoms with E-state index in [1.54, 1.807) is 24.3 Å². The molecule has 2 heterocycles. The van der Waals surface area contributed by atoms with Crippen LogP contribution in [0.15, 0.2) is 36.5 Å². The van der Waals surface area contributed by atoms with Crippen LogP contribution in [0.2, 0.25) is 10.0 Å². The Bertz CT molecular complexity index is 659. The summed E-state index contributed by atoms with van der Waals surface area (Å²) in [6.07, 6.45) is 1.40. The Morgan fingerprint density at radius 3 is 2.80 bits per heavy atom. The number of hydrogen-bond donors (Lipinski definition) is 1. The number of carbonyl (C=O) groups is 1. The number of nitrogens with zero attached hydrogens (tertiary/aromatic N) is 1. The Morgan fingerprint density at radius 1 is 1.25 bits per heavy atom. The van der Waals surface area contributed by atoms with Crippen LogP contribution < -0.4 is 10.1 Å². The Labute approximate surface area is 125 Å². The Morgan fingerprint density at radius 2 is 2.05 bits per heavy atom. The highest BCUT2D eigenvalue weighted by atomic mass is 35.5. The summed E-state index contributed by atoms with van der Waals surface area (Å²) in [5.41, 5.74) is 0.932. The van der Waals surface area contributed by atoms with Crippen molar-refractivity contribution in [1.82, 2.24) is 4.98 Å². The van der Waals surface area contributed by atoms with E-state index in [-0.39, 0.29) is 5.91 Å². The number of nitrogens with one attached hydrogen (secondary N) is 1. The summed E-state index contributed by atoms with van der Waals surface area (Å²) >= 11 is 11.7. The molecule has 1 aliphatic rings. The lowest BCUT2D eigenvalue weighted by Crippen LogP contribution is -2.31. The predicted molar refractivity (Wildman–Crippen MR) is 77.4 cm³/mol. The van der Waals surface area contributed by atoms with E-state index in [1.165, 1.54) is 6.20 Å². The van der Waals surface area contributed by atoms with Crippen molar-refractivity contribution >= 4 is 34.9 Å². The first-order chi connectivity index (χ1) is 9.61. The number of hydrogen-bond acceptors (Lipinski definition) is 3. The van der Waals surface area contributed by atoms with Crippen LogP contribution in [-0.4, -0.2) is 17.0 Å². The zero-order valence-electron chi connectivity index (χ0n) is 10.3. The standard InChI is InChI=1S/C14H10Cl2N2O2/c15-9-1-3-11-8(5-9)6-12(20-11)14(19)18-13-4-2-10(16)7-17-13/h1-5,7,12H,6H2,(H,17,18,19). The van der Waals surface area contributed by atoms with E-state index >= 15 is 0 Å². The van der Waals surface area contributed by atoms with Crippen molar-refractivity contribution in [3.05, 3.63) is 52.1 Å². The molecule has 0 saturated carbocycles. The minimum atomic E-state index is -0.569. The van der Waals surface area contributed by atoms with Crippen molar-refractivity contribution in [3.63, 3.8) is 0 Å². The smallest absolute Gasteiger partial charge is 0.266 e. The van der Waals surface area contributed by atoms with Crippen molar-refractivity contribution in [2.24, 2.45) is 0 Å². The third-order valence-corrected chi connectivity index (χ3v) is 3.43. The molecule has 0 spiro atoms. The quantitative estimate of drug-likeness (QED) is 0.926. The maximum absolute atomic E-state index is 12.1. The molecule has 0 bridgehead atoms. The van der Waals surface area contributed by atoms with Gasteiger partial charge in [0, 0.05) is 17.6 Å². The van der Waals surface area contributed by atoms with Crippen LogP contribution in [0.4, 0.5) is 5.82 Å². The fraction of sp³-hybridized carbons (Fsp3) is 0.143. The van der Waals surface area contributed by atoms with E-state index in [9.17, 15) is 4.79 Å². The molecule has 20 heavy (non-hydrogen) atoms. The number of pyridine rings is 1. The van der Waals surface area contributed by atoms with Gasteiger partial charge in [-0.1, -0.05) is 23.2 Å². The number of aromatic nitrogens is 1. The van der Waals surface area contributed by atoms with Crippen LogP contribution in [0.1, 0.15) is 5.56 Å². The lowest BCUT2D eigenvalue weighted by molar-refractivity contribution is -0.122. The number of carbonyl (C=O) groups excluding carboxylic acids is 1. The molecule has 1 atom stereocenters. The topological polar surface area (TPSA) is 51.2 Å². The van der Waals surface area contributed by atoms with E-state index < -0.39 is 6.10 Å². The van der Waals surface area contributed by atoms with Crippen LogP contribution >= 0.6 is 23.2 Å². The molecule has 1 aromatic carbocycles. The highest BCUT2D eigenvalue weighted by Crippen LogP contribution is 2.31. The monoisotopic (exact) mass is 308 g/mol. The molecule has 1 aromatic heterocycles. The fourth-order valence-corrected chi connectivity index (χ4v) is 2.33. The first-order valence-electron chi connectivity index (χ1n) is 5.99. The van der Waals surface area contributed by atoms with Crippen molar-refractivity contribution in [3.8, 4) is 5.75 Å². The molecular formula is C14H10Cl2N2O2. The van der Waals surface area contributed by atoms with Crippen LogP contribution in [0.25, 0.3) is 0 Å². The van der Waals surface area contributed by atoms with Crippen molar-refractivity contribution in [1.29, 1.82) is 0 Å². The Hall–Kier alpha value is -1.78. The number of benzene rings is 1. The van der Waals surface area contributed by atoms with E-state index in [0.29, 0.717) is 28.0 Å². The average molecular weight is 309 g/mol. The number of ether oxygens (including phenoxy) is 1. The molecule has 6 heteroatoms. The molecule has 0 radical (unpaired) electrons. The normalized spacial score (nSPS) is 16.4. The van der Waals surface area contributed by atoms with Gasteiger partial charge in [-0.2, -0.15) is 0 Å². The second-order valence-corrected chi connectivity index (χ2v) is 5.29. The van der Waals surface area contributed by atoms with Gasteiger partial charge in [-0.3, -0.25) is 4.79 Å². The van der Waals surface area contributed by atoms with E-state index in [2.05, 4.69) is 10.3 Å². The Balaban J connectivity index is 1.69. The van der Waals surface area contributed by atoms with Gasteiger partial charge in [0.15, 0.2) is 6.10 Å². The fourth-order valence-electron chi connectivity index (χ4n) is 2.02. The first-order valence-corrected chi connectivity index (χ1v) is 6.75. The minimum Gasteiger partial charge on any atom is -0.480 e. The zero-order chi connectivity index (χ0) is 14.1. The number of halogens is 2. The molecule has 1 N–H and O–H groups in total. The molecule has 2 aromatic rings. The molecule has 102 valence electrons. The van der Waals surface area contributed by atoms with Crippen molar-refractivity contribution in [2.75, 3.05) is 5.32 Å². The third kappa shape index (κ3) is 2.71. The van der Waals surface area contributed by atoms with Crippen LogP contribution in [0.3, 0.4) is 0 Å². The molecular weight excluding hydrogens is 299 g/mol. The van der Waals surface area contributed by atoms with Crippen molar-refractivity contribution < 1.29 is 9.53 Å². The van der Waals surface area contributed by atoms with E-state index in [1.807, 2.05) is 6.07 Å². The minimum absolute atomic E-state index is 0.243. The van der Waals surface area contributed by atoms with Crippen LogP contribution in [0.5, 0.6) is 5.75 Å². The van der Waals surface area contributed by atoms with Crippen LogP contribution in [-0.2, 0) is 11.2 Å². The number of fused-ring (bicyclic) bond motifs is 1. The molecule has 0 fully saturated rings. The van der Waals surface area contributed by atoms with Gasteiger partial charge in [-0.25, -0.2) is 4.98 Å². The van der Waals surface area contributed by atoms with E-state index in [4.69, 9.17) is 27.9 Å². The third-order valence-electron chi connectivity index (χ3n) is 2.97. The van der Waals surface area contributed by atoms with Crippen LogP contribution in [0, 0.1) is 0 Å². The Kier molecular flexibility index (Phi) is 3.51. The highest BCUT2D eigenvalue weighted by Gasteiger charge is 2.29. The average Bonchev–Trinajstić information content (AvgIpc) is 2.84. The first kappa shape index (κ1) is 13.2. The van der Waals surface area contributed by atoms with Gasteiger partial charge >= 0.3 is 0 Å². The zero-order valence-corrected chi connectivity index (χ0v) is 11.8. The largest absolute Gasteiger partial charge is 0.480 e.